The molecule has 1 fully saturated rings. The van der Waals surface area contributed by atoms with Gasteiger partial charge in [-0.2, -0.15) is 0 Å². The van der Waals surface area contributed by atoms with Crippen molar-refractivity contribution < 1.29 is 24.2 Å². The number of carbonyl (C=O) groups is 3. The van der Waals surface area contributed by atoms with Crippen LogP contribution in [0.4, 0.5) is 0 Å². The molecule has 0 amide bonds. The Morgan fingerprint density at radius 1 is 1.19 bits per heavy atom. The number of rotatable bonds is 4. The molecule has 0 aromatic heterocycles. The van der Waals surface area contributed by atoms with Gasteiger partial charge in [0.1, 0.15) is 6.10 Å². The van der Waals surface area contributed by atoms with Gasteiger partial charge >= 0.3 is 11.9 Å². The van der Waals surface area contributed by atoms with E-state index in [2.05, 4.69) is 13.8 Å². The number of carbonyl (C=O) groups excluding carboxylic acids is 2. The predicted octanol–water partition coefficient (Wildman–Crippen LogP) is 4.03. The van der Waals surface area contributed by atoms with E-state index in [1.807, 2.05) is 0 Å². The maximum absolute atomic E-state index is 12.8. The summed E-state index contributed by atoms with van der Waals surface area (Å²) in [5, 5.41) is 9.32. The highest BCUT2D eigenvalue weighted by Crippen LogP contribution is 2.53. The second-order valence-corrected chi connectivity index (χ2v) is 7.47. The summed E-state index contributed by atoms with van der Waals surface area (Å²) in [4.78, 5) is 36.1. The lowest BCUT2D eigenvalue weighted by Crippen LogP contribution is -2.48. The van der Waals surface area contributed by atoms with Crippen LogP contribution in [-0.4, -0.2) is 28.9 Å². The van der Waals surface area contributed by atoms with Crippen molar-refractivity contribution >= 4 is 17.7 Å². The van der Waals surface area contributed by atoms with E-state index in [1.165, 1.54) is 12.1 Å². The summed E-state index contributed by atoms with van der Waals surface area (Å²) in [5.41, 5.74) is 0.766. The monoisotopic (exact) mass is 356 g/mol. The van der Waals surface area contributed by atoms with Gasteiger partial charge in [0.2, 0.25) is 0 Å². The number of allylic oxidation sites excluding steroid dienone is 1. The first kappa shape index (κ1) is 18.4. The number of carboxylic acids is 1. The molecule has 0 saturated heterocycles. The van der Waals surface area contributed by atoms with Crippen molar-refractivity contribution in [3.8, 4) is 0 Å². The van der Waals surface area contributed by atoms with Crippen LogP contribution in [0.3, 0.4) is 0 Å². The fourth-order valence-corrected chi connectivity index (χ4v) is 4.54. The lowest BCUT2D eigenvalue weighted by molar-refractivity contribution is -0.117. The van der Waals surface area contributed by atoms with Crippen LogP contribution in [0, 0.1) is 11.3 Å². The fourth-order valence-electron chi connectivity index (χ4n) is 4.54. The summed E-state index contributed by atoms with van der Waals surface area (Å²) in [7, 11) is 0. The number of fused-ring (bicyclic) bond motifs is 1. The first-order valence-corrected chi connectivity index (χ1v) is 9.13. The number of ether oxygens (including phenoxy) is 1. The molecule has 0 bridgehead atoms. The van der Waals surface area contributed by atoms with Gasteiger partial charge in [0.25, 0.3) is 0 Å². The van der Waals surface area contributed by atoms with Gasteiger partial charge < -0.3 is 9.84 Å². The number of aromatic carboxylic acids is 1. The second-order valence-electron chi connectivity index (χ2n) is 7.47. The van der Waals surface area contributed by atoms with Crippen LogP contribution in [0.5, 0.6) is 0 Å². The van der Waals surface area contributed by atoms with Gasteiger partial charge in [-0.05, 0) is 49.8 Å². The van der Waals surface area contributed by atoms with Crippen LogP contribution in [0.1, 0.15) is 66.7 Å². The highest BCUT2D eigenvalue weighted by atomic mass is 16.5. The third-order valence-corrected chi connectivity index (χ3v) is 5.86. The standard InChI is InChI=1S/C21H24O5/c1-13(2)21-11-10-15(22)12-14(21)6-5-9-18(21)26-20(25)17-8-4-3-7-16(17)19(23)24/h3-4,7-8,12-13,18H,5-6,9-11H2,1-2H3,(H,23,24). The first-order valence-electron chi connectivity index (χ1n) is 9.13. The molecule has 1 saturated carbocycles. The topological polar surface area (TPSA) is 80.7 Å². The normalized spacial score (nSPS) is 25.4. The lowest BCUT2D eigenvalue weighted by atomic mass is 9.57. The summed E-state index contributed by atoms with van der Waals surface area (Å²) < 4.78 is 5.88. The minimum Gasteiger partial charge on any atom is -0.478 e. The molecule has 0 heterocycles. The van der Waals surface area contributed by atoms with Gasteiger partial charge in [-0.3, -0.25) is 4.79 Å². The Hall–Kier alpha value is -2.43. The van der Waals surface area contributed by atoms with E-state index in [1.54, 1.807) is 18.2 Å². The average molecular weight is 356 g/mol. The van der Waals surface area contributed by atoms with Crippen molar-refractivity contribution in [2.24, 2.45) is 11.3 Å². The van der Waals surface area contributed by atoms with E-state index >= 15 is 0 Å². The zero-order valence-corrected chi connectivity index (χ0v) is 15.2. The number of esters is 1. The number of hydrogen-bond acceptors (Lipinski definition) is 4. The molecule has 26 heavy (non-hydrogen) atoms. The van der Waals surface area contributed by atoms with Gasteiger partial charge in [-0.1, -0.05) is 31.6 Å². The third kappa shape index (κ3) is 3.06. The second kappa shape index (κ2) is 7.06. The lowest BCUT2D eigenvalue weighted by Gasteiger charge is -2.50. The van der Waals surface area contributed by atoms with E-state index in [0.717, 1.165) is 24.8 Å². The van der Waals surface area contributed by atoms with Gasteiger partial charge in [0.15, 0.2) is 5.78 Å². The number of ketones is 1. The molecule has 1 aromatic carbocycles. The van der Waals surface area contributed by atoms with Crippen molar-refractivity contribution in [3.05, 3.63) is 47.0 Å². The third-order valence-electron chi connectivity index (χ3n) is 5.86. The average Bonchev–Trinajstić information content (AvgIpc) is 2.61. The molecule has 2 atom stereocenters. The van der Waals surface area contributed by atoms with E-state index in [9.17, 15) is 19.5 Å². The van der Waals surface area contributed by atoms with Crippen molar-refractivity contribution in [2.75, 3.05) is 0 Å². The van der Waals surface area contributed by atoms with E-state index in [4.69, 9.17) is 4.74 Å². The molecule has 0 spiro atoms. The highest BCUT2D eigenvalue weighted by Gasteiger charge is 2.50. The Balaban J connectivity index is 1.93. The maximum atomic E-state index is 12.8. The molecular formula is C21H24O5. The highest BCUT2D eigenvalue weighted by molar-refractivity contribution is 6.02. The van der Waals surface area contributed by atoms with E-state index < -0.39 is 11.9 Å². The van der Waals surface area contributed by atoms with Crippen LogP contribution >= 0.6 is 0 Å². The molecule has 1 N–H and O–H groups in total. The van der Waals surface area contributed by atoms with Gasteiger partial charge in [-0.15, -0.1) is 0 Å². The van der Waals surface area contributed by atoms with E-state index in [-0.39, 0.29) is 34.3 Å². The number of carboxylic acid groups (broad SMARTS) is 1. The van der Waals surface area contributed by atoms with Crippen LogP contribution in [0.2, 0.25) is 0 Å². The number of benzene rings is 1. The Labute approximate surface area is 153 Å². The molecule has 0 aliphatic heterocycles. The zero-order chi connectivity index (χ0) is 18.9. The molecule has 1 aromatic rings. The minimum atomic E-state index is -1.15. The zero-order valence-electron chi connectivity index (χ0n) is 15.2. The van der Waals surface area contributed by atoms with Crippen LogP contribution < -0.4 is 0 Å². The predicted molar refractivity (Wildman–Crippen MR) is 96.1 cm³/mol. The van der Waals surface area contributed by atoms with Crippen molar-refractivity contribution in [1.82, 2.24) is 0 Å². The summed E-state index contributed by atoms with van der Waals surface area (Å²) in [6, 6.07) is 6.11. The molecule has 2 aliphatic carbocycles. The van der Waals surface area contributed by atoms with Gasteiger partial charge in [0, 0.05) is 11.8 Å². The Kier molecular flexibility index (Phi) is 4.99. The Morgan fingerprint density at radius 2 is 1.88 bits per heavy atom. The van der Waals surface area contributed by atoms with Crippen LogP contribution in [-0.2, 0) is 9.53 Å². The molecule has 5 nitrogen and oxygen atoms in total. The molecule has 2 aliphatic rings. The summed E-state index contributed by atoms with van der Waals surface area (Å²) in [5.74, 6) is -1.40. The quantitative estimate of drug-likeness (QED) is 0.824. The Morgan fingerprint density at radius 3 is 2.54 bits per heavy atom. The maximum Gasteiger partial charge on any atom is 0.339 e. The first-order chi connectivity index (χ1) is 12.4. The SMILES string of the molecule is CC(C)C12CCC(=O)C=C1CCCC2OC(=O)c1ccccc1C(=O)O. The molecule has 0 radical (unpaired) electrons. The molecular weight excluding hydrogens is 332 g/mol. The summed E-state index contributed by atoms with van der Waals surface area (Å²) in [6.07, 6.45) is 4.97. The summed E-state index contributed by atoms with van der Waals surface area (Å²) in [6.45, 7) is 4.20. The molecule has 3 rings (SSSR count). The van der Waals surface area contributed by atoms with Gasteiger partial charge in [-0.25, -0.2) is 9.59 Å². The number of hydrogen-bond donors (Lipinski definition) is 1. The smallest absolute Gasteiger partial charge is 0.339 e. The van der Waals surface area contributed by atoms with Crippen LogP contribution in [0.25, 0.3) is 0 Å². The van der Waals surface area contributed by atoms with Gasteiger partial charge in [0.05, 0.1) is 11.1 Å². The van der Waals surface area contributed by atoms with E-state index in [0.29, 0.717) is 12.8 Å². The van der Waals surface area contributed by atoms with Crippen LogP contribution in [0.15, 0.2) is 35.9 Å². The molecule has 138 valence electrons. The van der Waals surface area contributed by atoms with Crippen molar-refractivity contribution in [1.29, 1.82) is 0 Å². The summed E-state index contributed by atoms with van der Waals surface area (Å²) >= 11 is 0. The fraction of sp³-hybridized carbons (Fsp3) is 0.476. The largest absolute Gasteiger partial charge is 0.478 e. The van der Waals surface area contributed by atoms with Crippen molar-refractivity contribution in [2.45, 2.75) is 52.1 Å². The molecule has 5 heteroatoms. The van der Waals surface area contributed by atoms with Crippen molar-refractivity contribution in [3.63, 3.8) is 0 Å². The Bertz CT molecular complexity index is 776. The minimum absolute atomic E-state index is 0.0542. The molecule has 2 unspecified atom stereocenters.